The van der Waals surface area contributed by atoms with Gasteiger partial charge in [0.25, 0.3) is 0 Å². The Morgan fingerprint density at radius 3 is 1.65 bits per heavy atom. The third-order valence-electron chi connectivity index (χ3n) is 4.28. The summed E-state index contributed by atoms with van der Waals surface area (Å²) in [5.74, 6) is 1.48. The van der Waals surface area contributed by atoms with Crippen LogP contribution in [0.2, 0.25) is 5.02 Å². The topological polar surface area (TPSA) is 0 Å². The highest BCUT2D eigenvalue weighted by Gasteiger charge is 2.19. The Morgan fingerprint density at radius 2 is 1.26 bits per heavy atom. The second kappa shape index (κ2) is 7.40. The number of benzene rings is 2. The minimum absolute atomic E-state index is 0.471. The first-order chi connectivity index (χ1) is 10.7. The first kappa shape index (κ1) is 18.5. The molecule has 124 valence electrons. The monoisotopic (exact) mass is 392 g/mol. The van der Waals surface area contributed by atoms with E-state index in [1.165, 1.54) is 27.8 Å². The van der Waals surface area contributed by atoms with Crippen LogP contribution in [-0.4, -0.2) is 0 Å². The van der Waals surface area contributed by atoms with Crippen LogP contribution in [0.25, 0.3) is 11.1 Å². The molecule has 0 spiro atoms. The Bertz CT molecular complexity index is 650. The van der Waals surface area contributed by atoms with Gasteiger partial charge in [-0.25, -0.2) is 0 Å². The maximum Gasteiger partial charge on any atom is 0.0423 e. The molecule has 2 heteroatoms. The van der Waals surface area contributed by atoms with E-state index in [2.05, 4.69) is 81.7 Å². The Balaban J connectivity index is 2.83. The lowest BCUT2D eigenvalue weighted by molar-refractivity contribution is 0.807. The number of halogens is 2. The molecular weight excluding hydrogens is 368 g/mol. The average Bonchev–Trinajstić information content (AvgIpc) is 2.44. The van der Waals surface area contributed by atoms with E-state index >= 15 is 0 Å². The van der Waals surface area contributed by atoms with E-state index in [9.17, 15) is 0 Å². The summed E-state index contributed by atoms with van der Waals surface area (Å²) in [6, 6.07) is 11.0. The van der Waals surface area contributed by atoms with Crippen LogP contribution in [0.1, 0.15) is 76.0 Å². The van der Waals surface area contributed by atoms with Crippen molar-refractivity contribution in [1.82, 2.24) is 0 Å². The van der Waals surface area contributed by atoms with Crippen molar-refractivity contribution in [2.24, 2.45) is 0 Å². The van der Waals surface area contributed by atoms with E-state index in [0.717, 1.165) is 9.50 Å². The zero-order valence-electron chi connectivity index (χ0n) is 14.9. The van der Waals surface area contributed by atoms with Gasteiger partial charge in [0.05, 0.1) is 0 Å². The van der Waals surface area contributed by atoms with Gasteiger partial charge in [0, 0.05) is 9.50 Å². The predicted octanol–water partition coefficient (Wildman–Crippen LogP) is 8.14. The molecule has 23 heavy (non-hydrogen) atoms. The van der Waals surface area contributed by atoms with Gasteiger partial charge in [-0.05, 0) is 63.8 Å². The molecule has 0 heterocycles. The van der Waals surface area contributed by atoms with Crippen molar-refractivity contribution in [2.45, 2.75) is 59.3 Å². The van der Waals surface area contributed by atoms with Gasteiger partial charge in [-0.2, -0.15) is 0 Å². The van der Waals surface area contributed by atoms with Crippen molar-refractivity contribution in [3.63, 3.8) is 0 Å². The van der Waals surface area contributed by atoms with Crippen LogP contribution in [0.3, 0.4) is 0 Å². The lowest BCUT2D eigenvalue weighted by atomic mass is 9.82. The van der Waals surface area contributed by atoms with Gasteiger partial charge in [0.2, 0.25) is 0 Å². The van der Waals surface area contributed by atoms with Crippen molar-refractivity contribution in [3.8, 4) is 11.1 Å². The van der Waals surface area contributed by atoms with Crippen LogP contribution < -0.4 is 0 Å². The molecule has 2 aromatic carbocycles. The molecule has 0 radical (unpaired) electrons. The van der Waals surface area contributed by atoms with Crippen LogP contribution in [-0.2, 0) is 0 Å². The highest BCUT2D eigenvalue weighted by molar-refractivity contribution is 9.10. The smallest absolute Gasteiger partial charge is 0.0423 e. The zero-order valence-corrected chi connectivity index (χ0v) is 17.2. The summed E-state index contributed by atoms with van der Waals surface area (Å²) in [5.41, 5.74) is 6.79. The largest absolute Gasteiger partial charge is 0.0843 e. The molecule has 0 aliphatic carbocycles. The summed E-state index contributed by atoms with van der Waals surface area (Å²) < 4.78 is 1.03. The predicted molar refractivity (Wildman–Crippen MR) is 107 cm³/mol. The normalized spacial score (nSPS) is 11.8. The summed E-state index contributed by atoms with van der Waals surface area (Å²) in [7, 11) is 0. The fraction of sp³-hybridized carbons (Fsp3) is 0.429. The summed E-state index contributed by atoms with van der Waals surface area (Å²) in [6.07, 6.45) is 0. The molecule has 0 N–H and O–H groups in total. The zero-order chi connectivity index (χ0) is 17.3. The molecule has 0 saturated heterocycles. The van der Waals surface area contributed by atoms with Crippen LogP contribution in [0, 0.1) is 0 Å². The maximum absolute atomic E-state index is 6.32. The molecule has 0 unspecified atom stereocenters. The van der Waals surface area contributed by atoms with Crippen LogP contribution in [0.5, 0.6) is 0 Å². The highest BCUT2D eigenvalue weighted by atomic mass is 79.9. The van der Waals surface area contributed by atoms with Gasteiger partial charge in [-0.1, -0.05) is 81.2 Å². The standard InChI is InChI=1S/C21H26BrCl/c1-12(2)15-9-19(13(3)4)21(20(10-15)14(5)6)16-7-17(22)11-18(23)8-16/h7-14H,1-6H3. The quantitative estimate of drug-likeness (QED) is 0.491. The number of hydrogen-bond donors (Lipinski definition) is 0. The van der Waals surface area contributed by atoms with Crippen molar-refractivity contribution >= 4 is 27.5 Å². The lowest BCUT2D eigenvalue weighted by Gasteiger charge is -2.23. The van der Waals surface area contributed by atoms with Gasteiger partial charge >= 0.3 is 0 Å². The minimum atomic E-state index is 0.471. The fourth-order valence-corrected chi connectivity index (χ4v) is 3.85. The maximum atomic E-state index is 6.32. The van der Waals surface area contributed by atoms with Gasteiger partial charge in [-0.15, -0.1) is 0 Å². The van der Waals surface area contributed by atoms with Crippen molar-refractivity contribution < 1.29 is 0 Å². The molecule has 2 rings (SSSR count). The van der Waals surface area contributed by atoms with Gasteiger partial charge in [-0.3, -0.25) is 0 Å². The van der Waals surface area contributed by atoms with E-state index in [0.29, 0.717) is 17.8 Å². The summed E-state index contributed by atoms with van der Waals surface area (Å²) in [4.78, 5) is 0. The van der Waals surface area contributed by atoms with Gasteiger partial charge in [0.15, 0.2) is 0 Å². The second-order valence-electron chi connectivity index (χ2n) is 7.20. The first-order valence-corrected chi connectivity index (χ1v) is 9.52. The number of rotatable bonds is 4. The Morgan fingerprint density at radius 1 is 0.739 bits per heavy atom. The lowest BCUT2D eigenvalue weighted by Crippen LogP contribution is -2.03. The molecular formula is C21H26BrCl. The molecule has 0 aliphatic heterocycles. The Labute approximate surface area is 154 Å². The van der Waals surface area contributed by atoms with E-state index in [1.54, 1.807) is 0 Å². The van der Waals surface area contributed by atoms with Crippen molar-refractivity contribution in [3.05, 3.63) is 56.5 Å². The SMILES string of the molecule is CC(C)c1cc(C(C)C)c(-c2cc(Cl)cc(Br)c2)c(C(C)C)c1. The highest BCUT2D eigenvalue weighted by Crippen LogP contribution is 2.40. The molecule has 2 aromatic rings. The molecule has 0 nitrogen and oxygen atoms in total. The molecule has 0 aromatic heterocycles. The van der Waals surface area contributed by atoms with Crippen LogP contribution in [0.4, 0.5) is 0 Å². The summed E-state index contributed by atoms with van der Waals surface area (Å²) >= 11 is 9.90. The van der Waals surface area contributed by atoms with Gasteiger partial charge in [0.1, 0.15) is 0 Å². The van der Waals surface area contributed by atoms with Crippen LogP contribution in [0.15, 0.2) is 34.8 Å². The molecule has 0 fully saturated rings. The van der Waals surface area contributed by atoms with Crippen molar-refractivity contribution in [1.29, 1.82) is 0 Å². The molecule has 0 atom stereocenters. The molecule has 0 amide bonds. The molecule has 0 bridgehead atoms. The van der Waals surface area contributed by atoms with E-state index in [1.807, 2.05) is 6.07 Å². The third kappa shape index (κ3) is 4.19. The summed E-state index contributed by atoms with van der Waals surface area (Å²) in [5, 5.41) is 0.770. The number of hydrogen-bond acceptors (Lipinski definition) is 0. The Kier molecular flexibility index (Phi) is 5.97. The molecule has 0 aliphatic rings. The fourth-order valence-electron chi connectivity index (χ4n) is 2.99. The first-order valence-electron chi connectivity index (χ1n) is 8.34. The van der Waals surface area contributed by atoms with Crippen LogP contribution >= 0.6 is 27.5 Å². The van der Waals surface area contributed by atoms with E-state index in [4.69, 9.17) is 11.6 Å². The van der Waals surface area contributed by atoms with Gasteiger partial charge < -0.3 is 0 Å². The van der Waals surface area contributed by atoms with E-state index in [-0.39, 0.29) is 0 Å². The third-order valence-corrected chi connectivity index (χ3v) is 4.96. The molecule has 0 saturated carbocycles. The average molecular weight is 394 g/mol. The summed E-state index contributed by atoms with van der Waals surface area (Å²) in [6.45, 7) is 13.6. The Hall–Kier alpha value is -0.790. The second-order valence-corrected chi connectivity index (χ2v) is 8.55. The van der Waals surface area contributed by atoms with E-state index < -0.39 is 0 Å². The minimum Gasteiger partial charge on any atom is -0.0843 e. The van der Waals surface area contributed by atoms with Crippen molar-refractivity contribution in [2.75, 3.05) is 0 Å².